The van der Waals surface area contributed by atoms with Gasteiger partial charge >= 0.3 is 6.09 Å². The van der Waals surface area contributed by atoms with E-state index in [1.165, 1.54) is 32.1 Å². The van der Waals surface area contributed by atoms with E-state index in [1.807, 2.05) is 4.90 Å². The van der Waals surface area contributed by atoms with Gasteiger partial charge in [0.2, 0.25) is 0 Å². The number of cyclic esters (lactones) is 1. The third-order valence-corrected chi connectivity index (χ3v) is 4.28. The molecule has 2 fully saturated rings. The van der Waals surface area contributed by atoms with Gasteiger partial charge in [0.25, 0.3) is 0 Å². The van der Waals surface area contributed by atoms with E-state index in [2.05, 4.69) is 20.8 Å². The summed E-state index contributed by atoms with van der Waals surface area (Å²) in [5.41, 5.74) is 0. The van der Waals surface area contributed by atoms with Crippen LogP contribution in [0.1, 0.15) is 52.9 Å². The average molecular weight is 239 g/mol. The number of hydrogen-bond donors (Lipinski definition) is 0. The number of carbonyl (C=O) groups excluding carboxylic acids is 1. The van der Waals surface area contributed by atoms with Gasteiger partial charge in [-0.3, -0.25) is 0 Å². The van der Waals surface area contributed by atoms with Gasteiger partial charge in [0, 0.05) is 6.54 Å². The Kier molecular flexibility index (Phi) is 3.95. The fourth-order valence-electron chi connectivity index (χ4n) is 3.21. The fourth-order valence-corrected chi connectivity index (χ4v) is 3.21. The number of ether oxygens (including phenoxy) is 1. The van der Waals surface area contributed by atoms with Gasteiger partial charge in [0.1, 0.15) is 6.10 Å². The number of amides is 1. The lowest BCUT2D eigenvalue weighted by Gasteiger charge is -2.28. The largest absolute Gasteiger partial charge is 0.444 e. The number of rotatable bonds is 3. The first kappa shape index (κ1) is 12.7. The van der Waals surface area contributed by atoms with Crippen molar-refractivity contribution >= 4 is 6.09 Å². The summed E-state index contributed by atoms with van der Waals surface area (Å²) in [4.78, 5) is 13.8. The predicted molar refractivity (Wildman–Crippen MR) is 67.9 cm³/mol. The third-order valence-electron chi connectivity index (χ3n) is 4.28. The smallest absolute Gasteiger partial charge is 0.410 e. The van der Waals surface area contributed by atoms with Crippen molar-refractivity contribution in [2.75, 3.05) is 6.54 Å². The Morgan fingerprint density at radius 3 is 2.47 bits per heavy atom. The zero-order valence-electron chi connectivity index (χ0n) is 11.3. The molecule has 0 aromatic rings. The molecule has 1 unspecified atom stereocenters. The topological polar surface area (TPSA) is 29.5 Å². The van der Waals surface area contributed by atoms with Crippen LogP contribution in [-0.4, -0.2) is 29.7 Å². The first-order valence-corrected chi connectivity index (χ1v) is 7.07. The molecule has 0 N–H and O–H groups in total. The molecule has 1 aliphatic heterocycles. The number of nitrogens with zero attached hydrogens (tertiary/aromatic N) is 1. The Bertz CT molecular complexity index is 271. The van der Waals surface area contributed by atoms with Crippen LogP contribution < -0.4 is 0 Å². The quantitative estimate of drug-likeness (QED) is 0.755. The third kappa shape index (κ3) is 2.75. The van der Waals surface area contributed by atoms with Gasteiger partial charge in [0.05, 0.1) is 6.04 Å². The van der Waals surface area contributed by atoms with Crippen LogP contribution in [0.3, 0.4) is 0 Å². The Balaban J connectivity index is 1.93. The van der Waals surface area contributed by atoms with E-state index in [0.29, 0.717) is 11.8 Å². The molecule has 2 atom stereocenters. The molecule has 0 bridgehead atoms. The molecular weight excluding hydrogens is 214 g/mol. The molecule has 1 amide bonds. The second kappa shape index (κ2) is 5.28. The monoisotopic (exact) mass is 239 g/mol. The van der Waals surface area contributed by atoms with Crippen LogP contribution in [-0.2, 0) is 4.74 Å². The predicted octanol–water partition coefficient (Wildman–Crippen LogP) is 3.43. The second-order valence-electron chi connectivity index (χ2n) is 5.99. The highest BCUT2D eigenvalue weighted by molar-refractivity contribution is 5.70. The van der Waals surface area contributed by atoms with Crippen molar-refractivity contribution in [3.8, 4) is 0 Å². The van der Waals surface area contributed by atoms with Gasteiger partial charge in [-0.15, -0.1) is 0 Å². The molecule has 0 aromatic heterocycles. The van der Waals surface area contributed by atoms with Gasteiger partial charge in [-0.2, -0.15) is 0 Å². The fraction of sp³-hybridized carbons (Fsp3) is 0.929. The van der Waals surface area contributed by atoms with Crippen LogP contribution in [0.25, 0.3) is 0 Å². The number of carbonyl (C=O) groups is 1. The highest BCUT2D eigenvalue weighted by Gasteiger charge is 2.40. The maximum Gasteiger partial charge on any atom is 0.410 e. The molecule has 1 saturated carbocycles. The summed E-state index contributed by atoms with van der Waals surface area (Å²) in [6, 6.07) is 0.240. The molecule has 1 saturated heterocycles. The van der Waals surface area contributed by atoms with E-state index in [-0.39, 0.29) is 18.2 Å². The summed E-state index contributed by atoms with van der Waals surface area (Å²) in [5, 5.41) is 0. The van der Waals surface area contributed by atoms with Crippen LogP contribution in [0.5, 0.6) is 0 Å². The molecule has 0 aromatic carbocycles. The van der Waals surface area contributed by atoms with Crippen LogP contribution in [0, 0.1) is 11.8 Å². The Morgan fingerprint density at radius 2 is 1.94 bits per heavy atom. The SMILES string of the molecule is CC(C)C1OC(=O)N(CC2CCCCC2)[C@@H]1C. The van der Waals surface area contributed by atoms with Crippen molar-refractivity contribution in [2.45, 2.75) is 65.0 Å². The van der Waals surface area contributed by atoms with Crippen LogP contribution in [0.15, 0.2) is 0 Å². The highest BCUT2D eigenvalue weighted by atomic mass is 16.6. The van der Waals surface area contributed by atoms with E-state index in [1.54, 1.807) is 0 Å². The van der Waals surface area contributed by atoms with Crippen LogP contribution >= 0.6 is 0 Å². The van der Waals surface area contributed by atoms with Crippen molar-refractivity contribution in [3.63, 3.8) is 0 Å². The van der Waals surface area contributed by atoms with E-state index < -0.39 is 0 Å². The summed E-state index contributed by atoms with van der Waals surface area (Å²) in [5.74, 6) is 1.11. The summed E-state index contributed by atoms with van der Waals surface area (Å²) < 4.78 is 5.48. The summed E-state index contributed by atoms with van der Waals surface area (Å²) in [6.07, 6.45) is 6.56. The molecule has 0 spiro atoms. The lowest BCUT2D eigenvalue weighted by Crippen LogP contribution is -2.39. The lowest BCUT2D eigenvalue weighted by molar-refractivity contribution is 0.104. The van der Waals surface area contributed by atoms with E-state index in [0.717, 1.165) is 6.54 Å². The first-order chi connectivity index (χ1) is 8.09. The van der Waals surface area contributed by atoms with E-state index in [4.69, 9.17) is 4.74 Å². The van der Waals surface area contributed by atoms with Gasteiger partial charge in [0.15, 0.2) is 0 Å². The molecule has 2 aliphatic rings. The Hall–Kier alpha value is -0.730. The van der Waals surface area contributed by atoms with E-state index >= 15 is 0 Å². The molecule has 1 heterocycles. The molecule has 1 aliphatic carbocycles. The molecule has 3 heteroatoms. The van der Waals surface area contributed by atoms with E-state index in [9.17, 15) is 4.79 Å². The van der Waals surface area contributed by atoms with Crippen molar-refractivity contribution in [1.82, 2.24) is 4.90 Å². The zero-order chi connectivity index (χ0) is 12.4. The number of hydrogen-bond acceptors (Lipinski definition) is 2. The maximum absolute atomic E-state index is 11.9. The Labute approximate surface area is 105 Å². The minimum absolute atomic E-state index is 0.0751. The van der Waals surface area contributed by atoms with Gasteiger partial charge in [-0.05, 0) is 31.6 Å². The molecule has 98 valence electrons. The van der Waals surface area contributed by atoms with Gasteiger partial charge in [-0.25, -0.2) is 4.79 Å². The minimum atomic E-state index is -0.0956. The van der Waals surface area contributed by atoms with Crippen LogP contribution in [0.2, 0.25) is 0 Å². The van der Waals surface area contributed by atoms with Gasteiger partial charge < -0.3 is 9.64 Å². The summed E-state index contributed by atoms with van der Waals surface area (Å²) >= 11 is 0. The summed E-state index contributed by atoms with van der Waals surface area (Å²) in [6.45, 7) is 7.28. The Morgan fingerprint density at radius 1 is 1.29 bits per heavy atom. The molecule has 3 nitrogen and oxygen atoms in total. The van der Waals surface area contributed by atoms with Crippen molar-refractivity contribution < 1.29 is 9.53 Å². The lowest BCUT2D eigenvalue weighted by atomic mass is 9.88. The van der Waals surface area contributed by atoms with Crippen LogP contribution in [0.4, 0.5) is 4.79 Å². The van der Waals surface area contributed by atoms with Gasteiger partial charge in [-0.1, -0.05) is 33.1 Å². The van der Waals surface area contributed by atoms with Crippen molar-refractivity contribution in [2.24, 2.45) is 11.8 Å². The second-order valence-corrected chi connectivity index (χ2v) is 5.99. The summed E-state index contributed by atoms with van der Waals surface area (Å²) in [7, 11) is 0. The highest BCUT2D eigenvalue weighted by Crippen LogP contribution is 2.30. The zero-order valence-corrected chi connectivity index (χ0v) is 11.3. The maximum atomic E-state index is 11.9. The molecule has 2 rings (SSSR count). The minimum Gasteiger partial charge on any atom is -0.444 e. The normalized spacial score (nSPS) is 31.1. The van der Waals surface area contributed by atoms with Crippen molar-refractivity contribution in [1.29, 1.82) is 0 Å². The molecular formula is C14H25NO2. The molecule has 17 heavy (non-hydrogen) atoms. The molecule has 0 radical (unpaired) electrons. The first-order valence-electron chi connectivity index (χ1n) is 7.07. The standard InChI is InChI=1S/C14H25NO2/c1-10(2)13-11(3)15(14(16)17-13)9-12-7-5-4-6-8-12/h10-13H,4-9H2,1-3H3/t11-,13?/m1/s1. The van der Waals surface area contributed by atoms with Crippen molar-refractivity contribution in [3.05, 3.63) is 0 Å². The average Bonchev–Trinajstić information content (AvgIpc) is 2.58.